The first-order valence-electron chi connectivity index (χ1n) is 11.9. The quantitative estimate of drug-likeness (QED) is 0.437. The van der Waals surface area contributed by atoms with Crippen LogP contribution in [0.3, 0.4) is 0 Å². The normalized spacial score (nSPS) is 29.5. The van der Waals surface area contributed by atoms with E-state index in [9.17, 15) is 14.7 Å². The van der Waals surface area contributed by atoms with Crippen LogP contribution in [0.4, 0.5) is 0 Å². The summed E-state index contributed by atoms with van der Waals surface area (Å²) in [6.07, 6.45) is 6.53. The van der Waals surface area contributed by atoms with E-state index in [1.807, 2.05) is 20.9 Å². The van der Waals surface area contributed by atoms with Crippen LogP contribution in [0.15, 0.2) is 11.8 Å². The molecule has 0 unspecified atom stereocenters. The number of aliphatic hydroxyl groups excluding tert-OH is 1. The number of rotatable bonds is 4. The molecule has 3 fully saturated rings. The SMILES string of the molecule is Cc1nn(C)c(C)c1C(O)=C1C(=O)C(=O)N([C@H](C)[C@@H]2C[C@H]3CC[C@H]2C3)[C@H]1c1cnn(C)c1C. The van der Waals surface area contributed by atoms with Gasteiger partial charge in [0, 0.05) is 37.1 Å². The van der Waals surface area contributed by atoms with Crippen LogP contribution in [-0.4, -0.2) is 47.3 Å². The predicted octanol–water partition coefficient (Wildman–Crippen LogP) is 3.33. The van der Waals surface area contributed by atoms with Gasteiger partial charge in [0.15, 0.2) is 0 Å². The molecule has 2 saturated carbocycles. The molecular formula is C25H33N5O3. The van der Waals surface area contributed by atoms with Gasteiger partial charge in [0.1, 0.15) is 5.76 Å². The molecular weight excluding hydrogens is 418 g/mol. The lowest BCUT2D eigenvalue weighted by Gasteiger charge is -2.37. The molecule has 1 saturated heterocycles. The molecule has 8 nitrogen and oxygen atoms in total. The average Bonchev–Trinajstić information content (AvgIpc) is 3.56. The zero-order valence-corrected chi connectivity index (χ0v) is 20.3. The Kier molecular flexibility index (Phi) is 5.03. The molecule has 3 heterocycles. The first-order chi connectivity index (χ1) is 15.6. The van der Waals surface area contributed by atoms with E-state index < -0.39 is 17.7 Å². The summed E-state index contributed by atoms with van der Waals surface area (Å²) in [6.45, 7) is 7.68. The van der Waals surface area contributed by atoms with E-state index in [1.54, 1.807) is 34.4 Å². The van der Waals surface area contributed by atoms with Gasteiger partial charge in [0.2, 0.25) is 0 Å². The molecule has 0 aromatic carbocycles. The molecule has 33 heavy (non-hydrogen) atoms. The summed E-state index contributed by atoms with van der Waals surface area (Å²) in [5, 5.41) is 20.3. The molecule has 0 spiro atoms. The van der Waals surface area contributed by atoms with Crippen molar-refractivity contribution < 1.29 is 14.7 Å². The molecule has 2 aromatic rings. The number of fused-ring (bicyclic) bond motifs is 2. The molecule has 176 valence electrons. The molecule has 1 N–H and O–H groups in total. The second-order valence-electron chi connectivity index (χ2n) is 10.3. The van der Waals surface area contributed by atoms with Crippen molar-refractivity contribution in [1.82, 2.24) is 24.5 Å². The summed E-state index contributed by atoms with van der Waals surface area (Å²) in [4.78, 5) is 28.7. The molecule has 2 bridgehead atoms. The summed E-state index contributed by atoms with van der Waals surface area (Å²) < 4.78 is 3.43. The van der Waals surface area contributed by atoms with Crippen molar-refractivity contribution >= 4 is 17.4 Å². The number of hydrogen-bond acceptors (Lipinski definition) is 5. The number of carbonyl (C=O) groups excluding carboxylic acids is 2. The highest BCUT2D eigenvalue weighted by atomic mass is 16.3. The Morgan fingerprint density at radius 2 is 1.82 bits per heavy atom. The number of Topliss-reactive ketones (excluding diaryl/α,β-unsaturated/α-hetero) is 1. The number of ketones is 1. The van der Waals surface area contributed by atoms with Crippen LogP contribution in [0.2, 0.25) is 0 Å². The highest BCUT2D eigenvalue weighted by Gasteiger charge is 2.53. The standard InChI is InChI=1S/C25H33N5O3/c1-12-20(15(4)29(6)27-12)23(31)21-22(19-11-26-28(5)13(19)2)30(25(33)24(21)32)14(3)18-10-16-7-8-17(18)9-16/h11,14,16-18,22,31H,7-10H2,1-6H3/t14-,16+,17+,18+,22+/m1/s1. The average molecular weight is 452 g/mol. The van der Waals surface area contributed by atoms with Crippen molar-refractivity contribution in [2.75, 3.05) is 0 Å². The Morgan fingerprint density at radius 3 is 2.33 bits per heavy atom. The van der Waals surface area contributed by atoms with Crippen molar-refractivity contribution in [3.63, 3.8) is 0 Å². The van der Waals surface area contributed by atoms with Crippen molar-refractivity contribution in [3.05, 3.63) is 40.0 Å². The maximum atomic E-state index is 13.5. The zero-order chi connectivity index (χ0) is 23.8. The molecule has 2 aromatic heterocycles. The van der Waals surface area contributed by atoms with Crippen LogP contribution in [0.25, 0.3) is 5.76 Å². The minimum absolute atomic E-state index is 0.0947. The number of nitrogens with zero attached hydrogens (tertiary/aromatic N) is 5. The van der Waals surface area contributed by atoms with E-state index in [0.29, 0.717) is 23.1 Å². The van der Waals surface area contributed by atoms with Crippen LogP contribution in [-0.2, 0) is 23.7 Å². The topological polar surface area (TPSA) is 93.2 Å². The Morgan fingerprint density at radius 1 is 1.09 bits per heavy atom. The molecule has 3 aliphatic rings. The largest absolute Gasteiger partial charge is 0.507 e. The Hall–Kier alpha value is -2.90. The third-order valence-electron chi connectivity index (χ3n) is 8.64. The molecule has 1 amide bonds. The summed E-state index contributed by atoms with van der Waals surface area (Å²) in [5.41, 5.74) is 3.70. The maximum absolute atomic E-state index is 13.5. The van der Waals surface area contributed by atoms with E-state index in [2.05, 4.69) is 17.1 Å². The second-order valence-corrected chi connectivity index (χ2v) is 10.3. The summed E-state index contributed by atoms with van der Waals surface area (Å²) in [5.74, 6) is 0.417. The summed E-state index contributed by atoms with van der Waals surface area (Å²) >= 11 is 0. The number of amides is 1. The van der Waals surface area contributed by atoms with Gasteiger partial charge in [0.05, 0.1) is 29.1 Å². The Bertz CT molecular complexity index is 1190. The van der Waals surface area contributed by atoms with Crippen LogP contribution >= 0.6 is 0 Å². The fourth-order valence-electron chi connectivity index (χ4n) is 6.70. The molecule has 2 aliphatic carbocycles. The van der Waals surface area contributed by atoms with Crippen LogP contribution < -0.4 is 0 Å². The number of carbonyl (C=O) groups is 2. The lowest BCUT2D eigenvalue weighted by Crippen LogP contribution is -2.43. The fraction of sp³-hybridized carbons (Fsp3) is 0.600. The van der Waals surface area contributed by atoms with Crippen LogP contribution in [0.1, 0.15) is 66.9 Å². The van der Waals surface area contributed by atoms with E-state index >= 15 is 0 Å². The van der Waals surface area contributed by atoms with Gasteiger partial charge in [-0.3, -0.25) is 19.0 Å². The van der Waals surface area contributed by atoms with E-state index in [0.717, 1.165) is 29.3 Å². The molecule has 5 rings (SSSR count). The first-order valence-corrected chi connectivity index (χ1v) is 11.9. The van der Waals surface area contributed by atoms with Crippen molar-refractivity contribution in [2.24, 2.45) is 31.8 Å². The number of likely N-dealkylation sites (tertiary alicyclic amines) is 1. The van der Waals surface area contributed by atoms with E-state index in [1.165, 1.54) is 19.3 Å². The maximum Gasteiger partial charge on any atom is 0.295 e. The van der Waals surface area contributed by atoms with Crippen molar-refractivity contribution in [3.8, 4) is 0 Å². The van der Waals surface area contributed by atoms with Gasteiger partial charge in [-0.1, -0.05) is 6.42 Å². The van der Waals surface area contributed by atoms with Gasteiger partial charge in [-0.25, -0.2) is 0 Å². The lowest BCUT2D eigenvalue weighted by molar-refractivity contribution is -0.142. The minimum Gasteiger partial charge on any atom is -0.507 e. The second kappa shape index (κ2) is 7.57. The van der Waals surface area contributed by atoms with Gasteiger partial charge < -0.3 is 10.0 Å². The van der Waals surface area contributed by atoms with Crippen molar-refractivity contribution in [2.45, 2.75) is 65.5 Å². The highest BCUT2D eigenvalue weighted by Crippen LogP contribution is 2.52. The number of hydrogen-bond donors (Lipinski definition) is 1. The fourth-order valence-corrected chi connectivity index (χ4v) is 6.70. The van der Waals surface area contributed by atoms with Crippen molar-refractivity contribution in [1.29, 1.82) is 0 Å². The number of aliphatic hydroxyl groups is 1. The Labute approximate surface area is 194 Å². The van der Waals surface area contributed by atoms with Gasteiger partial charge in [-0.2, -0.15) is 10.2 Å². The first kappa shape index (κ1) is 21.9. The molecule has 8 heteroatoms. The minimum atomic E-state index is -0.660. The highest BCUT2D eigenvalue weighted by molar-refractivity contribution is 6.46. The third-order valence-corrected chi connectivity index (χ3v) is 8.64. The molecule has 0 radical (unpaired) electrons. The lowest BCUT2D eigenvalue weighted by atomic mass is 9.82. The van der Waals surface area contributed by atoms with E-state index in [-0.39, 0.29) is 17.4 Å². The monoisotopic (exact) mass is 451 g/mol. The number of aryl methyl sites for hydroxylation is 3. The molecule has 1 aliphatic heterocycles. The van der Waals surface area contributed by atoms with Gasteiger partial charge in [-0.15, -0.1) is 0 Å². The number of aromatic nitrogens is 4. The summed E-state index contributed by atoms with van der Waals surface area (Å²) in [6, 6.07) is -0.755. The molecule has 5 atom stereocenters. The Balaban J connectivity index is 1.68. The third kappa shape index (κ3) is 3.09. The van der Waals surface area contributed by atoms with Gasteiger partial charge >= 0.3 is 0 Å². The van der Waals surface area contributed by atoms with Gasteiger partial charge in [0.25, 0.3) is 11.7 Å². The predicted molar refractivity (Wildman–Crippen MR) is 123 cm³/mol. The van der Waals surface area contributed by atoms with Crippen LogP contribution in [0.5, 0.6) is 0 Å². The van der Waals surface area contributed by atoms with E-state index in [4.69, 9.17) is 0 Å². The van der Waals surface area contributed by atoms with Crippen LogP contribution in [0, 0.1) is 38.5 Å². The zero-order valence-electron chi connectivity index (χ0n) is 20.3. The smallest absolute Gasteiger partial charge is 0.295 e. The summed E-state index contributed by atoms with van der Waals surface area (Å²) in [7, 11) is 3.65. The van der Waals surface area contributed by atoms with Gasteiger partial charge in [-0.05, 0) is 64.7 Å².